The highest BCUT2D eigenvalue weighted by Crippen LogP contribution is 2.30. The van der Waals surface area contributed by atoms with Gasteiger partial charge in [-0.2, -0.15) is 0 Å². The molecule has 2 rings (SSSR count). The van der Waals surface area contributed by atoms with E-state index < -0.39 is 11.7 Å². The summed E-state index contributed by atoms with van der Waals surface area (Å²) in [5.74, 6) is -0.0909. The summed E-state index contributed by atoms with van der Waals surface area (Å²) in [6.45, 7) is 1.79. The number of halogens is 2. The molecule has 122 valence electrons. The normalized spacial score (nSPS) is 11.7. The van der Waals surface area contributed by atoms with Crippen LogP contribution in [0.5, 0.6) is 11.5 Å². The third-order valence-corrected chi connectivity index (χ3v) is 3.76. The third kappa shape index (κ3) is 3.74. The highest BCUT2D eigenvalue weighted by atomic mass is 35.5. The van der Waals surface area contributed by atoms with Crippen molar-refractivity contribution in [3.05, 3.63) is 58.4 Å². The van der Waals surface area contributed by atoms with Gasteiger partial charge in [-0.15, -0.1) is 0 Å². The number of hydrogen-bond acceptors (Lipinski definition) is 3. The van der Waals surface area contributed by atoms with Gasteiger partial charge in [-0.05, 0) is 36.8 Å². The highest BCUT2D eigenvalue weighted by molar-refractivity contribution is 6.33. The molecular weight excluding hydrogens is 321 g/mol. The second kappa shape index (κ2) is 7.33. The van der Waals surface area contributed by atoms with Crippen LogP contribution in [-0.2, 0) is 0 Å². The quantitative estimate of drug-likeness (QED) is 0.897. The average Bonchev–Trinajstić information content (AvgIpc) is 2.53. The van der Waals surface area contributed by atoms with Crippen LogP contribution >= 0.6 is 11.6 Å². The maximum Gasteiger partial charge on any atom is 0.256 e. The van der Waals surface area contributed by atoms with E-state index in [9.17, 15) is 9.18 Å². The van der Waals surface area contributed by atoms with Crippen LogP contribution in [0.4, 0.5) is 4.39 Å². The minimum atomic E-state index is -0.658. The molecule has 0 spiro atoms. The van der Waals surface area contributed by atoms with Crippen molar-refractivity contribution < 1.29 is 18.7 Å². The van der Waals surface area contributed by atoms with Gasteiger partial charge in [0.1, 0.15) is 5.82 Å². The monoisotopic (exact) mass is 337 g/mol. The van der Waals surface area contributed by atoms with Crippen molar-refractivity contribution in [2.45, 2.75) is 13.0 Å². The summed E-state index contributed by atoms with van der Waals surface area (Å²) in [6, 6.07) is 9.06. The molecule has 0 aliphatic rings. The lowest BCUT2D eigenvalue weighted by Gasteiger charge is -2.17. The van der Waals surface area contributed by atoms with Crippen LogP contribution < -0.4 is 14.8 Å². The maximum atomic E-state index is 13.8. The van der Waals surface area contributed by atoms with E-state index in [1.165, 1.54) is 25.3 Å². The minimum Gasteiger partial charge on any atom is -0.493 e. The molecule has 1 amide bonds. The lowest BCUT2D eigenvalue weighted by molar-refractivity contribution is 0.0936. The topological polar surface area (TPSA) is 47.6 Å². The number of carbonyl (C=O) groups excluding carboxylic acids is 1. The van der Waals surface area contributed by atoms with Crippen LogP contribution in [0, 0.1) is 5.82 Å². The van der Waals surface area contributed by atoms with E-state index in [1.807, 2.05) is 0 Å². The molecule has 0 aliphatic carbocycles. The fourth-order valence-corrected chi connectivity index (χ4v) is 2.44. The molecule has 4 nitrogen and oxygen atoms in total. The van der Waals surface area contributed by atoms with Gasteiger partial charge < -0.3 is 14.8 Å². The van der Waals surface area contributed by atoms with Crippen LogP contribution in [0.3, 0.4) is 0 Å². The zero-order valence-corrected chi connectivity index (χ0v) is 13.8. The first-order chi connectivity index (χ1) is 11.0. The molecular formula is C17H17ClFNO3. The number of methoxy groups -OCH3 is 2. The Morgan fingerprint density at radius 1 is 1.17 bits per heavy atom. The largest absolute Gasteiger partial charge is 0.493 e. The van der Waals surface area contributed by atoms with Gasteiger partial charge in [-0.25, -0.2) is 4.39 Å². The SMILES string of the molecule is COc1ccc(C(C)NC(=O)c2c(F)cccc2Cl)cc1OC. The molecule has 0 aliphatic heterocycles. The zero-order valence-electron chi connectivity index (χ0n) is 13.0. The van der Waals surface area contributed by atoms with Gasteiger partial charge >= 0.3 is 0 Å². The lowest BCUT2D eigenvalue weighted by Crippen LogP contribution is -2.27. The summed E-state index contributed by atoms with van der Waals surface area (Å²) in [4.78, 5) is 12.3. The molecule has 1 unspecified atom stereocenters. The Morgan fingerprint density at radius 3 is 2.48 bits per heavy atom. The fourth-order valence-electron chi connectivity index (χ4n) is 2.19. The van der Waals surface area contributed by atoms with Crippen LogP contribution in [-0.4, -0.2) is 20.1 Å². The van der Waals surface area contributed by atoms with Gasteiger partial charge in [0.2, 0.25) is 0 Å². The van der Waals surface area contributed by atoms with E-state index in [4.69, 9.17) is 21.1 Å². The van der Waals surface area contributed by atoms with E-state index in [1.54, 1.807) is 32.2 Å². The Morgan fingerprint density at radius 2 is 1.87 bits per heavy atom. The summed E-state index contributed by atoms with van der Waals surface area (Å²) < 4.78 is 24.2. The molecule has 2 aromatic carbocycles. The van der Waals surface area contributed by atoms with Crippen LogP contribution in [0.2, 0.25) is 5.02 Å². The molecule has 23 heavy (non-hydrogen) atoms. The highest BCUT2D eigenvalue weighted by Gasteiger charge is 2.19. The predicted molar refractivity (Wildman–Crippen MR) is 86.8 cm³/mol. The van der Waals surface area contributed by atoms with E-state index in [0.717, 1.165) is 5.56 Å². The van der Waals surface area contributed by atoms with Crippen molar-refractivity contribution >= 4 is 17.5 Å². The number of amides is 1. The number of hydrogen-bond donors (Lipinski definition) is 1. The molecule has 0 bridgehead atoms. The fraction of sp³-hybridized carbons (Fsp3) is 0.235. The summed E-state index contributed by atoms with van der Waals surface area (Å²) in [5.41, 5.74) is 0.630. The van der Waals surface area contributed by atoms with Crippen molar-refractivity contribution in [1.82, 2.24) is 5.32 Å². The first-order valence-electron chi connectivity index (χ1n) is 6.94. The summed E-state index contributed by atoms with van der Waals surface area (Å²) >= 11 is 5.90. The van der Waals surface area contributed by atoms with Crippen molar-refractivity contribution in [3.63, 3.8) is 0 Å². The first-order valence-corrected chi connectivity index (χ1v) is 7.32. The Kier molecular flexibility index (Phi) is 5.45. The van der Waals surface area contributed by atoms with Gasteiger partial charge in [0, 0.05) is 0 Å². The Balaban J connectivity index is 2.22. The van der Waals surface area contributed by atoms with Gasteiger partial charge in [-0.3, -0.25) is 4.79 Å². The Labute approximate surface area is 139 Å². The number of benzene rings is 2. The second-order valence-electron chi connectivity index (χ2n) is 4.91. The van der Waals surface area contributed by atoms with Crippen molar-refractivity contribution in [1.29, 1.82) is 0 Å². The molecule has 0 saturated carbocycles. The van der Waals surface area contributed by atoms with Gasteiger partial charge in [0.25, 0.3) is 5.91 Å². The van der Waals surface area contributed by atoms with Gasteiger partial charge in [0.05, 0.1) is 30.8 Å². The number of rotatable bonds is 5. The van der Waals surface area contributed by atoms with Crippen LogP contribution in [0.1, 0.15) is 28.9 Å². The van der Waals surface area contributed by atoms with E-state index in [0.29, 0.717) is 11.5 Å². The Hall–Kier alpha value is -2.27. The molecule has 0 saturated heterocycles. The standard InChI is InChI=1S/C17H17ClFNO3/c1-10(11-7-8-14(22-2)15(9-11)23-3)20-17(21)16-12(18)5-4-6-13(16)19/h4-10H,1-3H3,(H,20,21). The second-order valence-corrected chi connectivity index (χ2v) is 5.31. The number of nitrogens with one attached hydrogen (secondary N) is 1. The number of carbonyl (C=O) groups is 1. The Bertz CT molecular complexity index is 701. The molecule has 2 aromatic rings. The van der Waals surface area contributed by atoms with Crippen molar-refractivity contribution in [2.75, 3.05) is 14.2 Å². The summed E-state index contributed by atoms with van der Waals surface area (Å²) in [7, 11) is 3.08. The molecule has 0 heterocycles. The van der Waals surface area contributed by atoms with Crippen molar-refractivity contribution in [2.24, 2.45) is 0 Å². The lowest BCUT2D eigenvalue weighted by atomic mass is 10.1. The van der Waals surface area contributed by atoms with Crippen LogP contribution in [0.15, 0.2) is 36.4 Å². The summed E-state index contributed by atoms with van der Waals surface area (Å²) in [5, 5.41) is 2.79. The molecule has 6 heteroatoms. The van der Waals surface area contributed by atoms with Gasteiger partial charge in [0.15, 0.2) is 11.5 Å². The number of ether oxygens (including phenoxy) is 2. The smallest absolute Gasteiger partial charge is 0.256 e. The van der Waals surface area contributed by atoms with Gasteiger partial charge in [-0.1, -0.05) is 23.7 Å². The molecule has 0 radical (unpaired) electrons. The van der Waals surface area contributed by atoms with Crippen LogP contribution in [0.25, 0.3) is 0 Å². The zero-order chi connectivity index (χ0) is 17.0. The predicted octanol–water partition coefficient (Wildman–Crippen LogP) is 3.99. The molecule has 0 aromatic heterocycles. The molecule has 1 atom stereocenters. The van der Waals surface area contributed by atoms with E-state index in [2.05, 4.69) is 5.32 Å². The summed E-state index contributed by atoms with van der Waals surface area (Å²) in [6.07, 6.45) is 0. The third-order valence-electron chi connectivity index (χ3n) is 3.45. The van der Waals surface area contributed by atoms with E-state index >= 15 is 0 Å². The first kappa shape index (κ1) is 17.1. The minimum absolute atomic E-state index is 0.0713. The maximum absolute atomic E-state index is 13.8. The molecule has 1 N–H and O–H groups in total. The van der Waals surface area contributed by atoms with E-state index in [-0.39, 0.29) is 16.6 Å². The molecule has 0 fully saturated rings. The average molecular weight is 338 g/mol. The van der Waals surface area contributed by atoms with Crippen molar-refractivity contribution in [3.8, 4) is 11.5 Å².